The summed E-state index contributed by atoms with van der Waals surface area (Å²) in [5, 5.41) is 33.9. The van der Waals surface area contributed by atoms with Gasteiger partial charge in [0.05, 0.1) is 36.1 Å². The number of halogens is 2. The number of nitrogens with zero attached hydrogens (tertiary/aromatic N) is 2. The van der Waals surface area contributed by atoms with Gasteiger partial charge in [0.1, 0.15) is 11.7 Å². The number of β-lactam (4-membered cyclic amide) rings is 1. The smallest absolute Gasteiger partial charge is 0.353 e. The van der Waals surface area contributed by atoms with Crippen molar-refractivity contribution in [3.05, 3.63) is 10.6 Å². The van der Waals surface area contributed by atoms with E-state index in [9.17, 15) is 29.4 Å². The van der Waals surface area contributed by atoms with Gasteiger partial charge in [0.2, 0.25) is 17.7 Å². The fourth-order valence-electron chi connectivity index (χ4n) is 4.40. The number of carbonyl (C=O) groups is 4. The summed E-state index contributed by atoms with van der Waals surface area (Å²) in [7, 11) is 0. The highest BCUT2D eigenvalue weighted by molar-refractivity contribution is 8.03. The molecule has 36 heavy (non-hydrogen) atoms. The van der Waals surface area contributed by atoms with Gasteiger partial charge in [-0.15, -0.1) is 35.0 Å². The number of alkyl halides is 2. The zero-order chi connectivity index (χ0) is 27.0. The van der Waals surface area contributed by atoms with Gasteiger partial charge in [-0.25, -0.2) is 4.79 Å². The normalized spacial score (nSPS) is 23.3. The van der Waals surface area contributed by atoms with Crippen molar-refractivity contribution in [1.29, 1.82) is 5.26 Å². The van der Waals surface area contributed by atoms with Gasteiger partial charge in [0.25, 0.3) is 0 Å². The lowest BCUT2D eigenvalue weighted by Gasteiger charge is -2.47. The SMILES string of the molecule is C[C@@H](O)[C@H]1C(=O)N2C(C(=O)O)=C(SCCC#N)[C@H](CCCCNC(=O)[C@H](CCl)NC(=O)[C@@H](N)CCl)[C@H]12. The number of aliphatic hydroxyl groups is 1. The van der Waals surface area contributed by atoms with Gasteiger partial charge in [-0.05, 0) is 19.8 Å². The van der Waals surface area contributed by atoms with Crippen LogP contribution in [0.1, 0.15) is 32.6 Å². The monoisotopic (exact) mass is 563 g/mol. The van der Waals surface area contributed by atoms with E-state index in [2.05, 4.69) is 10.6 Å². The molecule has 1 saturated heterocycles. The fourth-order valence-corrected chi connectivity index (χ4v) is 5.97. The van der Waals surface area contributed by atoms with Crippen LogP contribution in [0.3, 0.4) is 0 Å². The predicted molar refractivity (Wildman–Crippen MR) is 135 cm³/mol. The molecule has 0 aromatic rings. The Morgan fingerprint density at radius 2 is 1.94 bits per heavy atom. The molecular weight excluding hydrogens is 533 g/mol. The van der Waals surface area contributed by atoms with Crippen molar-refractivity contribution in [3.63, 3.8) is 0 Å². The van der Waals surface area contributed by atoms with Crippen molar-refractivity contribution in [1.82, 2.24) is 15.5 Å². The zero-order valence-electron chi connectivity index (χ0n) is 19.8. The van der Waals surface area contributed by atoms with Crippen LogP contribution in [0, 0.1) is 23.2 Å². The third-order valence-corrected chi connectivity index (χ3v) is 7.99. The molecule has 0 radical (unpaired) electrons. The number of carboxylic acids is 1. The minimum atomic E-state index is -1.21. The number of nitrogens with two attached hydrogens (primary N) is 1. The van der Waals surface area contributed by atoms with Crippen molar-refractivity contribution in [3.8, 4) is 6.07 Å². The van der Waals surface area contributed by atoms with Gasteiger partial charge >= 0.3 is 5.97 Å². The average Bonchev–Trinajstić information content (AvgIpc) is 3.10. The van der Waals surface area contributed by atoms with E-state index in [1.807, 2.05) is 6.07 Å². The molecule has 11 nitrogen and oxygen atoms in total. The molecule has 2 rings (SSSR count). The first-order chi connectivity index (χ1) is 17.1. The van der Waals surface area contributed by atoms with E-state index < -0.39 is 53.8 Å². The highest BCUT2D eigenvalue weighted by Crippen LogP contribution is 2.52. The Balaban J connectivity index is 1.99. The molecule has 0 aromatic heterocycles. The summed E-state index contributed by atoms with van der Waals surface area (Å²) in [6, 6.07) is -0.343. The molecule has 200 valence electrons. The number of carbonyl (C=O) groups excluding carboxylic acids is 3. The third kappa shape index (κ3) is 6.83. The summed E-state index contributed by atoms with van der Waals surface area (Å²) in [5.74, 6) is -3.51. The second kappa shape index (κ2) is 14.0. The Bertz CT molecular complexity index is 927. The largest absolute Gasteiger partial charge is 0.477 e. The number of thioether (sulfide) groups is 1. The first-order valence-electron chi connectivity index (χ1n) is 11.5. The Hall–Kier alpha value is -2.04. The molecule has 1 fully saturated rings. The number of rotatable bonds is 15. The minimum Gasteiger partial charge on any atom is -0.477 e. The molecule has 3 amide bonds. The standard InChI is InChI=1S/C22H31Cl2N5O6S/c1-11(30)15-16-12(18(36-8-4-6-25)17(22(34)35)29(16)21(15)33)5-2-3-7-27-20(32)14(10-24)28-19(31)13(26)9-23/h11-16,30H,2-5,7-10,26H2,1H3,(H,27,32)(H,28,31)(H,34,35)/t11-,12-,13+,14+,15-,16-/m1/s1. The number of nitriles is 1. The summed E-state index contributed by atoms with van der Waals surface area (Å²) in [5.41, 5.74) is 5.47. The summed E-state index contributed by atoms with van der Waals surface area (Å²) >= 11 is 12.6. The maximum absolute atomic E-state index is 12.6. The van der Waals surface area contributed by atoms with Crippen molar-refractivity contribution in [2.24, 2.45) is 17.6 Å². The second-order valence-electron chi connectivity index (χ2n) is 8.61. The number of hydrogen-bond acceptors (Lipinski definition) is 8. The van der Waals surface area contributed by atoms with E-state index in [0.717, 1.165) is 0 Å². The summed E-state index contributed by atoms with van der Waals surface area (Å²) in [6.45, 7) is 1.80. The Morgan fingerprint density at radius 1 is 1.25 bits per heavy atom. The Labute approximate surface area is 223 Å². The van der Waals surface area contributed by atoms with Crippen molar-refractivity contribution < 1.29 is 29.4 Å². The number of hydrogen-bond donors (Lipinski definition) is 5. The van der Waals surface area contributed by atoms with Crippen LogP contribution in [0.5, 0.6) is 0 Å². The number of aliphatic hydroxyl groups excluding tert-OH is 1. The minimum absolute atomic E-state index is 0.0704. The van der Waals surface area contributed by atoms with Crippen LogP contribution < -0.4 is 16.4 Å². The van der Waals surface area contributed by atoms with Gasteiger partial charge in [-0.2, -0.15) is 5.26 Å². The van der Waals surface area contributed by atoms with Crippen LogP contribution in [0.25, 0.3) is 0 Å². The van der Waals surface area contributed by atoms with Crippen LogP contribution in [0.2, 0.25) is 0 Å². The summed E-state index contributed by atoms with van der Waals surface area (Å²) < 4.78 is 0. The molecule has 2 aliphatic rings. The number of carboxylic acid groups (broad SMARTS) is 1. The first kappa shape index (κ1) is 30.2. The number of aliphatic carboxylic acids is 1. The van der Waals surface area contributed by atoms with E-state index in [1.54, 1.807) is 0 Å². The number of fused-ring (bicyclic) bond motifs is 1. The topological polar surface area (TPSA) is 186 Å². The molecule has 2 heterocycles. The number of unbranched alkanes of at least 4 members (excludes halogenated alkanes) is 1. The highest BCUT2D eigenvalue weighted by Gasteiger charge is 2.60. The van der Waals surface area contributed by atoms with Crippen molar-refractivity contribution in [2.75, 3.05) is 24.1 Å². The van der Waals surface area contributed by atoms with E-state index in [1.165, 1.54) is 23.6 Å². The molecule has 0 unspecified atom stereocenters. The van der Waals surface area contributed by atoms with Gasteiger partial charge in [0.15, 0.2) is 0 Å². The van der Waals surface area contributed by atoms with Gasteiger partial charge in [-0.1, -0.05) is 6.42 Å². The summed E-state index contributed by atoms with van der Waals surface area (Å²) in [4.78, 5) is 50.6. The van der Waals surface area contributed by atoms with E-state index in [4.69, 9.17) is 34.2 Å². The Kier molecular flexibility index (Phi) is 11.8. The zero-order valence-corrected chi connectivity index (χ0v) is 22.1. The lowest BCUT2D eigenvalue weighted by Crippen LogP contribution is -2.63. The molecule has 6 N–H and O–H groups in total. The van der Waals surface area contributed by atoms with Crippen LogP contribution in [0.4, 0.5) is 0 Å². The van der Waals surface area contributed by atoms with E-state index >= 15 is 0 Å². The van der Waals surface area contributed by atoms with Crippen LogP contribution in [-0.2, 0) is 19.2 Å². The van der Waals surface area contributed by atoms with Crippen LogP contribution in [0.15, 0.2) is 10.6 Å². The maximum atomic E-state index is 12.6. The molecule has 0 spiro atoms. The Morgan fingerprint density at radius 3 is 2.50 bits per heavy atom. The predicted octanol–water partition coefficient (Wildman–Crippen LogP) is 0.343. The van der Waals surface area contributed by atoms with Gasteiger partial charge in [0, 0.05) is 35.4 Å². The van der Waals surface area contributed by atoms with Crippen molar-refractivity contribution >= 4 is 58.7 Å². The molecule has 0 bridgehead atoms. The molecule has 0 aromatic carbocycles. The molecular formula is C22H31Cl2N5O6S. The van der Waals surface area contributed by atoms with E-state index in [0.29, 0.717) is 29.9 Å². The lowest BCUT2D eigenvalue weighted by molar-refractivity contribution is -0.163. The molecule has 0 saturated carbocycles. The highest BCUT2D eigenvalue weighted by atomic mass is 35.5. The lowest BCUT2D eigenvalue weighted by atomic mass is 9.77. The van der Waals surface area contributed by atoms with E-state index in [-0.39, 0.29) is 36.3 Å². The molecule has 2 aliphatic heterocycles. The second-order valence-corrected chi connectivity index (χ2v) is 10.4. The van der Waals surface area contributed by atoms with Gasteiger partial charge < -0.3 is 31.5 Å². The molecule has 6 atom stereocenters. The summed E-state index contributed by atoms with van der Waals surface area (Å²) in [6.07, 6.45) is 0.977. The van der Waals surface area contributed by atoms with Crippen molar-refractivity contribution in [2.45, 2.75) is 56.8 Å². The van der Waals surface area contributed by atoms with Crippen LogP contribution in [-0.4, -0.2) is 87.1 Å². The average molecular weight is 564 g/mol. The van der Waals surface area contributed by atoms with Crippen LogP contribution >= 0.6 is 35.0 Å². The number of amides is 3. The van der Waals surface area contributed by atoms with Gasteiger partial charge in [-0.3, -0.25) is 14.4 Å². The quantitative estimate of drug-likeness (QED) is 0.106. The molecule has 0 aliphatic carbocycles. The fraction of sp³-hybridized carbons (Fsp3) is 0.682. The first-order valence-corrected chi connectivity index (χ1v) is 13.6. The molecule has 14 heteroatoms. The number of nitrogens with one attached hydrogen (secondary N) is 2. The maximum Gasteiger partial charge on any atom is 0.353 e. The third-order valence-electron chi connectivity index (χ3n) is 6.14.